The van der Waals surface area contributed by atoms with Crippen LogP contribution >= 0.6 is 0 Å². The van der Waals surface area contributed by atoms with Crippen LogP contribution in [0.2, 0.25) is 0 Å². The molecule has 0 bridgehead atoms. The van der Waals surface area contributed by atoms with E-state index in [1.165, 1.54) is 5.57 Å². The third-order valence-electron chi connectivity index (χ3n) is 14.7. The van der Waals surface area contributed by atoms with Crippen molar-refractivity contribution in [1.82, 2.24) is 0 Å². The highest BCUT2D eigenvalue weighted by molar-refractivity contribution is 5.77. The van der Waals surface area contributed by atoms with Crippen molar-refractivity contribution in [3.05, 3.63) is 23.8 Å². The molecule has 1 aliphatic heterocycles. The highest BCUT2D eigenvalue weighted by atomic mass is 16.7. The van der Waals surface area contributed by atoms with Crippen LogP contribution in [-0.2, 0) is 19.1 Å². The lowest BCUT2D eigenvalue weighted by atomic mass is 9.34. The predicted molar refractivity (Wildman–Crippen MR) is 163 cm³/mol. The molecule has 5 aliphatic carbocycles. The number of fused-ring (bicyclic) bond motifs is 7. The standard InChI is InChI=1S/C35H52O10/c1-18-8-13-35(30(42)43)15-14-33(4)19(20(35)16-18)6-7-22-31(2)11-10-23(32(3,17-36)21(31)9-12-34(22,33)5)44-29-26(39)24(37)25(38)27(45-29)28(40)41/h6,20-27,29,36-39H,1,7-17H2,2-5H3,(H,40,41)(H,42,43)/t20-,21+,22+,23-,24-,25-,26+,27-,29+,31-,32-,33+,34+,35-/m0/s1. The Morgan fingerprint density at radius 2 is 1.67 bits per heavy atom. The summed E-state index contributed by atoms with van der Waals surface area (Å²) < 4.78 is 11.7. The highest BCUT2D eigenvalue weighted by Crippen LogP contribution is 2.75. The van der Waals surface area contributed by atoms with Gasteiger partial charge in [-0.2, -0.15) is 0 Å². The first kappa shape index (κ1) is 33.1. The number of ether oxygens (including phenoxy) is 2. The number of rotatable bonds is 5. The zero-order valence-electron chi connectivity index (χ0n) is 27.1. The number of carbonyl (C=O) groups is 2. The number of hydrogen-bond donors (Lipinski definition) is 6. The van der Waals surface area contributed by atoms with Gasteiger partial charge in [0.15, 0.2) is 12.4 Å². The molecule has 6 N–H and O–H groups in total. The summed E-state index contributed by atoms with van der Waals surface area (Å²) in [6.45, 7) is 13.2. The van der Waals surface area contributed by atoms with Gasteiger partial charge in [0.1, 0.15) is 18.3 Å². The zero-order valence-corrected chi connectivity index (χ0v) is 27.1. The normalized spacial score (nSPS) is 52.8. The lowest BCUT2D eigenvalue weighted by Crippen LogP contribution is -2.67. The van der Waals surface area contributed by atoms with Crippen molar-refractivity contribution < 1.29 is 49.7 Å². The number of aliphatic hydroxyl groups is 4. The van der Waals surface area contributed by atoms with Crippen molar-refractivity contribution in [2.45, 2.75) is 129 Å². The van der Waals surface area contributed by atoms with Crippen LogP contribution in [0.15, 0.2) is 23.8 Å². The molecule has 6 rings (SSSR count). The molecule has 4 saturated carbocycles. The Labute approximate surface area is 265 Å². The highest BCUT2D eigenvalue weighted by Gasteiger charge is 2.69. The number of aliphatic hydroxyl groups excluding tert-OH is 4. The molecule has 10 nitrogen and oxygen atoms in total. The monoisotopic (exact) mass is 632 g/mol. The minimum Gasteiger partial charge on any atom is -0.481 e. The van der Waals surface area contributed by atoms with Gasteiger partial charge in [-0.3, -0.25) is 4.79 Å². The predicted octanol–water partition coefficient (Wildman–Crippen LogP) is 3.65. The average Bonchev–Trinajstić information content (AvgIpc) is 2.98. The second kappa shape index (κ2) is 10.9. The summed E-state index contributed by atoms with van der Waals surface area (Å²) in [5.41, 5.74) is 0.593. The van der Waals surface area contributed by atoms with E-state index in [1.807, 2.05) is 6.92 Å². The quantitative estimate of drug-likeness (QED) is 0.194. The molecule has 1 saturated heterocycles. The van der Waals surface area contributed by atoms with E-state index in [0.717, 1.165) is 50.5 Å². The Morgan fingerprint density at radius 3 is 2.31 bits per heavy atom. The fourth-order valence-electron chi connectivity index (χ4n) is 11.8. The average molecular weight is 633 g/mol. The zero-order chi connectivity index (χ0) is 32.9. The van der Waals surface area contributed by atoms with E-state index in [9.17, 15) is 40.2 Å². The Balaban J connectivity index is 1.31. The molecular formula is C35H52O10. The van der Waals surface area contributed by atoms with Gasteiger partial charge in [-0.1, -0.05) is 51.5 Å². The van der Waals surface area contributed by atoms with E-state index in [0.29, 0.717) is 25.2 Å². The number of carboxylic acids is 2. The Hall–Kier alpha value is -1.82. The molecule has 5 fully saturated rings. The van der Waals surface area contributed by atoms with Gasteiger partial charge in [-0.05, 0) is 92.3 Å². The maximum absolute atomic E-state index is 12.8. The van der Waals surface area contributed by atoms with Gasteiger partial charge < -0.3 is 40.1 Å². The van der Waals surface area contributed by atoms with E-state index in [4.69, 9.17) is 9.47 Å². The molecule has 0 spiro atoms. The fourth-order valence-corrected chi connectivity index (χ4v) is 11.8. The van der Waals surface area contributed by atoms with Crippen LogP contribution in [0.3, 0.4) is 0 Å². The Morgan fingerprint density at radius 1 is 0.956 bits per heavy atom. The van der Waals surface area contributed by atoms with Crippen molar-refractivity contribution in [3.8, 4) is 0 Å². The summed E-state index contributed by atoms with van der Waals surface area (Å²) in [4.78, 5) is 24.5. The van der Waals surface area contributed by atoms with Gasteiger partial charge in [0, 0.05) is 11.3 Å². The van der Waals surface area contributed by atoms with Gasteiger partial charge in [0.05, 0.1) is 18.1 Å². The van der Waals surface area contributed by atoms with Crippen molar-refractivity contribution in [3.63, 3.8) is 0 Å². The molecule has 14 atom stereocenters. The molecule has 252 valence electrons. The van der Waals surface area contributed by atoms with E-state index < -0.39 is 59.6 Å². The summed E-state index contributed by atoms with van der Waals surface area (Å²) in [5, 5.41) is 62.2. The molecule has 10 heteroatoms. The number of aliphatic carboxylic acids is 2. The molecule has 0 unspecified atom stereocenters. The molecule has 0 radical (unpaired) electrons. The van der Waals surface area contributed by atoms with Crippen LogP contribution in [0.4, 0.5) is 0 Å². The minimum absolute atomic E-state index is 0.0319. The lowest BCUT2D eigenvalue weighted by molar-refractivity contribution is -0.327. The fraction of sp³-hybridized carbons (Fsp3) is 0.829. The second-order valence-corrected chi connectivity index (χ2v) is 16.3. The molecule has 0 aromatic rings. The van der Waals surface area contributed by atoms with E-state index >= 15 is 0 Å². The SMILES string of the molecule is C=C1CC[C@]2(C(=O)O)CC[C@]3(C)C(=CC[C@@H]4[C@@]5(C)CC[C@H](O[C@@H]6O[C@H](C(=O)O)[C@@H](O)[C@H](O)[C@H]6O)[C@@](C)(CO)[C@@H]5CC[C@]43C)[C@@H]2C1. The maximum atomic E-state index is 12.8. The van der Waals surface area contributed by atoms with E-state index in [2.05, 4.69) is 33.4 Å². The Kier molecular flexibility index (Phi) is 7.98. The molecule has 0 aromatic heterocycles. The summed E-state index contributed by atoms with van der Waals surface area (Å²) in [5.74, 6) is -1.83. The van der Waals surface area contributed by atoms with Crippen LogP contribution < -0.4 is 0 Å². The Bertz CT molecular complexity index is 1280. The summed E-state index contributed by atoms with van der Waals surface area (Å²) in [6, 6.07) is 0. The third-order valence-corrected chi connectivity index (χ3v) is 14.7. The van der Waals surface area contributed by atoms with Crippen LogP contribution in [0.1, 0.15) is 91.9 Å². The topological polar surface area (TPSA) is 174 Å². The van der Waals surface area contributed by atoms with Gasteiger partial charge in [0.25, 0.3) is 0 Å². The smallest absolute Gasteiger partial charge is 0.335 e. The summed E-state index contributed by atoms with van der Waals surface area (Å²) >= 11 is 0. The molecule has 45 heavy (non-hydrogen) atoms. The first-order valence-electron chi connectivity index (χ1n) is 16.8. The van der Waals surface area contributed by atoms with Crippen molar-refractivity contribution in [1.29, 1.82) is 0 Å². The van der Waals surface area contributed by atoms with Crippen molar-refractivity contribution in [2.24, 2.45) is 44.8 Å². The minimum atomic E-state index is -1.80. The first-order chi connectivity index (χ1) is 21.0. The molecular weight excluding hydrogens is 580 g/mol. The molecule has 6 aliphatic rings. The third kappa shape index (κ3) is 4.42. The molecule has 0 amide bonds. The van der Waals surface area contributed by atoms with Gasteiger partial charge in [-0.25, -0.2) is 4.79 Å². The summed E-state index contributed by atoms with van der Waals surface area (Å²) in [6.07, 6.45) is 0.945. The molecule has 0 aromatic carbocycles. The van der Waals surface area contributed by atoms with Crippen molar-refractivity contribution in [2.75, 3.05) is 6.61 Å². The van der Waals surface area contributed by atoms with Gasteiger partial charge in [0.2, 0.25) is 0 Å². The largest absolute Gasteiger partial charge is 0.481 e. The van der Waals surface area contributed by atoms with Gasteiger partial charge >= 0.3 is 11.9 Å². The number of carboxylic acid groups (broad SMARTS) is 2. The van der Waals surface area contributed by atoms with Crippen molar-refractivity contribution >= 4 is 11.9 Å². The van der Waals surface area contributed by atoms with Gasteiger partial charge in [-0.15, -0.1) is 0 Å². The van der Waals surface area contributed by atoms with Crippen LogP contribution in [0.5, 0.6) is 0 Å². The number of hydrogen-bond acceptors (Lipinski definition) is 8. The number of allylic oxidation sites excluding steroid dienone is 3. The van der Waals surface area contributed by atoms with E-state index in [-0.39, 0.29) is 34.7 Å². The summed E-state index contributed by atoms with van der Waals surface area (Å²) in [7, 11) is 0. The second-order valence-electron chi connectivity index (χ2n) is 16.3. The maximum Gasteiger partial charge on any atom is 0.335 e. The first-order valence-corrected chi connectivity index (χ1v) is 16.8. The molecule has 1 heterocycles. The van der Waals surface area contributed by atoms with Crippen LogP contribution in [0, 0.1) is 44.8 Å². The van der Waals surface area contributed by atoms with E-state index in [1.54, 1.807) is 0 Å². The lowest BCUT2D eigenvalue weighted by Gasteiger charge is -2.71. The van der Waals surface area contributed by atoms with Crippen LogP contribution in [0.25, 0.3) is 0 Å². The van der Waals surface area contributed by atoms with Crippen LogP contribution in [-0.4, -0.2) is 86.0 Å².